The first-order valence-electron chi connectivity index (χ1n) is 8.70. The van der Waals surface area contributed by atoms with Crippen LogP contribution in [-0.4, -0.2) is 41.1 Å². The van der Waals surface area contributed by atoms with Gasteiger partial charge >= 0.3 is 0 Å². The highest BCUT2D eigenvalue weighted by atomic mass is 16.5. The summed E-state index contributed by atoms with van der Waals surface area (Å²) in [4.78, 5) is 11.5. The first-order chi connectivity index (χ1) is 11.8. The van der Waals surface area contributed by atoms with Gasteiger partial charge in [0.2, 0.25) is 0 Å². The molecule has 1 aromatic carbocycles. The summed E-state index contributed by atoms with van der Waals surface area (Å²) in [6, 6.07) is 8.25. The number of hydrogen-bond donors (Lipinski definition) is 0. The van der Waals surface area contributed by atoms with Gasteiger partial charge in [-0.2, -0.15) is 0 Å². The molecule has 0 amide bonds. The first-order valence-corrected chi connectivity index (χ1v) is 8.70. The monoisotopic (exact) mass is 321 g/mol. The van der Waals surface area contributed by atoms with Crippen LogP contribution in [0.25, 0.3) is 6.08 Å². The third-order valence-corrected chi connectivity index (χ3v) is 4.82. The van der Waals surface area contributed by atoms with Crippen LogP contribution in [0.1, 0.15) is 35.7 Å². The summed E-state index contributed by atoms with van der Waals surface area (Å²) in [5, 5.41) is 0. The number of piperidine rings is 1. The van der Waals surface area contributed by atoms with Gasteiger partial charge in [0.15, 0.2) is 0 Å². The Bertz CT molecular complexity index is 756. The van der Waals surface area contributed by atoms with E-state index in [9.17, 15) is 0 Å². The van der Waals surface area contributed by atoms with E-state index < -0.39 is 0 Å². The molecule has 1 aromatic heterocycles. The molecule has 1 fully saturated rings. The summed E-state index contributed by atoms with van der Waals surface area (Å²) in [7, 11) is 0. The van der Waals surface area contributed by atoms with Crippen LogP contribution in [0.2, 0.25) is 0 Å². The molecule has 24 heavy (non-hydrogen) atoms. The van der Waals surface area contributed by atoms with E-state index in [4.69, 9.17) is 4.74 Å². The lowest BCUT2D eigenvalue weighted by atomic mass is 9.94. The molecule has 4 rings (SSSR count). The molecule has 4 nitrogen and oxygen atoms in total. The molecule has 0 N–H and O–H groups in total. The number of hydrogen-bond acceptors (Lipinski definition) is 4. The van der Waals surface area contributed by atoms with Crippen molar-refractivity contribution in [3.05, 3.63) is 59.2 Å². The fraction of sp³-hybridized carbons (Fsp3) is 0.400. The van der Waals surface area contributed by atoms with Crippen LogP contribution in [0.15, 0.2) is 42.2 Å². The van der Waals surface area contributed by atoms with Gasteiger partial charge in [-0.05, 0) is 44.0 Å². The molecule has 0 spiro atoms. The number of ether oxygens (including phenoxy) is 1. The standard InChI is InChI=1S/C20H23N3O/c1-15-10-21-11-19(22-15)18-6-4-8-23(13-18)12-16-9-17-5-2-3-7-20(17)24-14-16/h2-3,5,7,9-11,18H,4,6,8,12-14H2,1H3/t18-/m0/s1. The maximum atomic E-state index is 5.89. The zero-order valence-corrected chi connectivity index (χ0v) is 14.1. The minimum absolute atomic E-state index is 0.489. The molecule has 0 radical (unpaired) electrons. The molecular formula is C20H23N3O. The van der Waals surface area contributed by atoms with Crippen molar-refractivity contribution in [3.63, 3.8) is 0 Å². The Morgan fingerprint density at radius 1 is 1.25 bits per heavy atom. The molecule has 4 heteroatoms. The molecule has 124 valence electrons. The Labute approximate surface area is 143 Å². The number of nitrogens with zero attached hydrogens (tertiary/aromatic N) is 3. The average molecular weight is 321 g/mol. The summed E-state index contributed by atoms with van der Waals surface area (Å²) in [5.74, 6) is 1.48. The number of benzene rings is 1. The zero-order chi connectivity index (χ0) is 16.4. The van der Waals surface area contributed by atoms with Crippen LogP contribution in [0.5, 0.6) is 5.75 Å². The lowest BCUT2D eigenvalue weighted by molar-refractivity contribution is 0.213. The molecule has 2 aliphatic rings. The fourth-order valence-electron chi connectivity index (χ4n) is 3.66. The van der Waals surface area contributed by atoms with Crippen LogP contribution >= 0.6 is 0 Å². The summed E-state index contributed by atoms with van der Waals surface area (Å²) in [6.45, 7) is 5.89. The van der Waals surface area contributed by atoms with E-state index in [1.165, 1.54) is 24.0 Å². The lowest BCUT2D eigenvalue weighted by Crippen LogP contribution is -2.37. The molecule has 0 unspecified atom stereocenters. The maximum absolute atomic E-state index is 5.89. The number of likely N-dealkylation sites (tertiary alicyclic amines) is 1. The third-order valence-electron chi connectivity index (χ3n) is 4.82. The van der Waals surface area contributed by atoms with Gasteiger partial charge in [0.25, 0.3) is 0 Å². The van der Waals surface area contributed by atoms with Crippen LogP contribution in [-0.2, 0) is 0 Å². The van der Waals surface area contributed by atoms with Gasteiger partial charge in [-0.3, -0.25) is 14.9 Å². The summed E-state index contributed by atoms with van der Waals surface area (Å²) < 4.78 is 5.89. The quantitative estimate of drug-likeness (QED) is 0.868. The SMILES string of the molecule is Cc1cncc([C@H]2CCCN(CC3=Cc4ccccc4OC3)C2)n1. The Morgan fingerprint density at radius 2 is 2.17 bits per heavy atom. The highest BCUT2D eigenvalue weighted by molar-refractivity contribution is 5.62. The molecular weight excluding hydrogens is 298 g/mol. The van der Waals surface area contributed by atoms with E-state index in [1.807, 2.05) is 31.5 Å². The summed E-state index contributed by atoms with van der Waals surface area (Å²) in [5.41, 5.74) is 4.69. The molecule has 1 atom stereocenters. The van der Waals surface area contributed by atoms with E-state index in [0.717, 1.165) is 36.8 Å². The van der Waals surface area contributed by atoms with E-state index in [2.05, 4.69) is 33.1 Å². The predicted octanol–water partition coefficient (Wildman–Crippen LogP) is 3.44. The highest BCUT2D eigenvalue weighted by Crippen LogP contribution is 2.29. The third kappa shape index (κ3) is 3.34. The van der Waals surface area contributed by atoms with E-state index in [0.29, 0.717) is 12.5 Å². The van der Waals surface area contributed by atoms with Gasteiger partial charge in [0.1, 0.15) is 12.4 Å². The molecule has 2 aliphatic heterocycles. The summed E-state index contributed by atoms with van der Waals surface area (Å²) in [6.07, 6.45) is 8.46. The van der Waals surface area contributed by atoms with E-state index >= 15 is 0 Å². The van der Waals surface area contributed by atoms with Crippen molar-refractivity contribution in [1.29, 1.82) is 0 Å². The number of fused-ring (bicyclic) bond motifs is 1. The topological polar surface area (TPSA) is 38.2 Å². The first kappa shape index (κ1) is 15.3. The second-order valence-corrected chi connectivity index (χ2v) is 6.79. The van der Waals surface area contributed by atoms with E-state index in [1.54, 1.807) is 0 Å². The molecule has 1 saturated heterocycles. The van der Waals surface area contributed by atoms with Crippen LogP contribution in [0, 0.1) is 6.92 Å². The van der Waals surface area contributed by atoms with Crippen molar-refractivity contribution in [1.82, 2.24) is 14.9 Å². The Morgan fingerprint density at radius 3 is 3.08 bits per heavy atom. The highest BCUT2D eigenvalue weighted by Gasteiger charge is 2.24. The van der Waals surface area contributed by atoms with Gasteiger partial charge < -0.3 is 4.74 Å². The molecule has 2 aromatic rings. The molecule has 0 aliphatic carbocycles. The minimum Gasteiger partial charge on any atom is -0.489 e. The Hall–Kier alpha value is -2.20. The number of aromatic nitrogens is 2. The van der Waals surface area contributed by atoms with Crippen molar-refractivity contribution in [2.45, 2.75) is 25.7 Å². The lowest BCUT2D eigenvalue weighted by Gasteiger charge is -2.33. The Kier molecular flexibility index (Phi) is 4.30. The summed E-state index contributed by atoms with van der Waals surface area (Å²) >= 11 is 0. The number of aryl methyl sites for hydroxylation is 1. The number of rotatable bonds is 3. The molecule has 0 saturated carbocycles. The Balaban J connectivity index is 1.45. The average Bonchev–Trinajstić information content (AvgIpc) is 2.62. The van der Waals surface area contributed by atoms with Crippen molar-refractivity contribution in [2.75, 3.05) is 26.2 Å². The van der Waals surface area contributed by atoms with Crippen LogP contribution in [0.4, 0.5) is 0 Å². The second kappa shape index (κ2) is 6.73. The smallest absolute Gasteiger partial charge is 0.127 e. The minimum atomic E-state index is 0.489. The largest absolute Gasteiger partial charge is 0.489 e. The van der Waals surface area contributed by atoms with Gasteiger partial charge in [-0.25, -0.2) is 0 Å². The van der Waals surface area contributed by atoms with Crippen molar-refractivity contribution in [3.8, 4) is 5.75 Å². The van der Waals surface area contributed by atoms with Crippen molar-refractivity contribution in [2.24, 2.45) is 0 Å². The van der Waals surface area contributed by atoms with Gasteiger partial charge in [0, 0.05) is 37.0 Å². The molecule has 3 heterocycles. The van der Waals surface area contributed by atoms with Gasteiger partial charge in [0.05, 0.1) is 11.4 Å². The van der Waals surface area contributed by atoms with Crippen molar-refractivity contribution >= 4 is 6.08 Å². The number of para-hydroxylation sites is 1. The molecule has 0 bridgehead atoms. The van der Waals surface area contributed by atoms with Crippen LogP contribution < -0.4 is 4.74 Å². The van der Waals surface area contributed by atoms with Gasteiger partial charge in [-0.15, -0.1) is 0 Å². The van der Waals surface area contributed by atoms with Crippen LogP contribution in [0.3, 0.4) is 0 Å². The maximum Gasteiger partial charge on any atom is 0.127 e. The second-order valence-electron chi connectivity index (χ2n) is 6.79. The zero-order valence-electron chi connectivity index (χ0n) is 14.1. The normalized spacial score (nSPS) is 20.9. The van der Waals surface area contributed by atoms with Crippen molar-refractivity contribution < 1.29 is 4.74 Å². The van der Waals surface area contributed by atoms with Gasteiger partial charge in [-0.1, -0.05) is 18.2 Å². The fourth-order valence-corrected chi connectivity index (χ4v) is 3.66. The van der Waals surface area contributed by atoms with E-state index in [-0.39, 0.29) is 0 Å². The predicted molar refractivity (Wildman–Crippen MR) is 95.1 cm³/mol.